The number of hydrogen-bond acceptors (Lipinski definition) is 5. The highest BCUT2D eigenvalue weighted by atomic mass is 16.5. The monoisotopic (exact) mass is 354 g/mol. The van der Waals surface area contributed by atoms with Gasteiger partial charge in [-0.3, -0.25) is 0 Å². The van der Waals surface area contributed by atoms with Crippen molar-refractivity contribution < 1.29 is 9.32 Å². The molecule has 1 saturated carbocycles. The number of benzene rings is 1. The van der Waals surface area contributed by atoms with Gasteiger partial charge in [0.2, 0.25) is 5.89 Å². The number of nitrogens with one attached hydrogen (secondary N) is 2. The van der Waals surface area contributed by atoms with Crippen molar-refractivity contribution >= 4 is 17.1 Å². The molecule has 2 heterocycles. The molecule has 1 fully saturated rings. The van der Waals surface area contributed by atoms with Crippen molar-refractivity contribution in [3.63, 3.8) is 0 Å². The second kappa shape index (κ2) is 6.44. The molecule has 0 unspecified atom stereocenters. The molecule has 8 nitrogen and oxygen atoms in total. The molecule has 136 valence electrons. The second-order valence-corrected chi connectivity index (χ2v) is 6.99. The number of aryl methyl sites for hydroxylation is 1. The van der Waals surface area contributed by atoms with E-state index in [1.807, 2.05) is 32.0 Å². The summed E-state index contributed by atoms with van der Waals surface area (Å²) < 4.78 is 5.23. The number of urea groups is 1. The normalized spacial score (nSPS) is 15.2. The molecular formula is C18H22N6O2. The van der Waals surface area contributed by atoms with Gasteiger partial charge >= 0.3 is 6.03 Å². The SMILES string of the molecule is Cc1ccc2nc([C@@H](C)NC(=O)N(C)Cc3nc(C4CC4)no3)[nH]c2c1. The highest BCUT2D eigenvalue weighted by Gasteiger charge is 2.29. The first-order chi connectivity index (χ1) is 12.5. The molecule has 1 aliphatic rings. The fraction of sp³-hybridized carbons (Fsp3) is 0.444. The van der Waals surface area contributed by atoms with E-state index in [4.69, 9.17) is 4.52 Å². The Hall–Kier alpha value is -2.90. The van der Waals surface area contributed by atoms with Crippen LogP contribution < -0.4 is 5.32 Å². The maximum Gasteiger partial charge on any atom is 0.318 e. The summed E-state index contributed by atoms with van der Waals surface area (Å²) in [5.41, 5.74) is 3.01. The number of H-pyrrole nitrogens is 1. The van der Waals surface area contributed by atoms with Crippen LogP contribution >= 0.6 is 0 Å². The van der Waals surface area contributed by atoms with E-state index >= 15 is 0 Å². The van der Waals surface area contributed by atoms with Crippen LogP contribution in [-0.2, 0) is 6.54 Å². The maximum absolute atomic E-state index is 12.4. The van der Waals surface area contributed by atoms with Crippen molar-refractivity contribution in [2.75, 3.05) is 7.05 Å². The molecule has 2 amide bonds. The van der Waals surface area contributed by atoms with Gasteiger partial charge in [0.25, 0.3) is 0 Å². The van der Waals surface area contributed by atoms with Crippen molar-refractivity contribution in [3.05, 3.63) is 41.3 Å². The highest BCUT2D eigenvalue weighted by Crippen LogP contribution is 2.38. The molecule has 1 aliphatic carbocycles. The number of nitrogens with zero attached hydrogens (tertiary/aromatic N) is 4. The van der Waals surface area contributed by atoms with Crippen molar-refractivity contribution in [2.45, 2.75) is 45.2 Å². The molecule has 1 aromatic carbocycles. The summed E-state index contributed by atoms with van der Waals surface area (Å²) in [5, 5.41) is 6.91. The number of fused-ring (bicyclic) bond motifs is 1. The van der Waals surface area contributed by atoms with E-state index in [-0.39, 0.29) is 18.6 Å². The number of rotatable bonds is 5. The lowest BCUT2D eigenvalue weighted by Gasteiger charge is -2.18. The van der Waals surface area contributed by atoms with E-state index in [1.165, 1.54) is 4.90 Å². The third-order valence-electron chi connectivity index (χ3n) is 4.55. The van der Waals surface area contributed by atoms with Crippen LogP contribution in [0.15, 0.2) is 22.7 Å². The van der Waals surface area contributed by atoms with Gasteiger partial charge in [0, 0.05) is 13.0 Å². The van der Waals surface area contributed by atoms with Gasteiger partial charge < -0.3 is 19.7 Å². The largest absolute Gasteiger partial charge is 0.340 e. The summed E-state index contributed by atoms with van der Waals surface area (Å²) in [4.78, 5) is 26.1. The minimum atomic E-state index is -0.248. The zero-order chi connectivity index (χ0) is 18.3. The number of aromatic amines is 1. The van der Waals surface area contributed by atoms with Crippen LogP contribution in [0.1, 0.15) is 54.8 Å². The summed E-state index contributed by atoms with van der Waals surface area (Å²) in [7, 11) is 1.70. The summed E-state index contributed by atoms with van der Waals surface area (Å²) in [6.45, 7) is 4.21. The highest BCUT2D eigenvalue weighted by molar-refractivity contribution is 5.77. The molecule has 1 atom stereocenters. The molecule has 3 aromatic rings. The first kappa shape index (κ1) is 16.6. The number of aromatic nitrogens is 4. The predicted octanol–water partition coefficient (Wildman–Crippen LogP) is 3.03. The summed E-state index contributed by atoms with van der Waals surface area (Å²) in [6, 6.07) is 5.56. The first-order valence-electron chi connectivity index (χ1n) is 8.80. The maximum atomic E-state index is 12.4. The minimum absolute atomic E-state index is 0.222. The Bertz CT molecular complexity index is 942. The third-order valence-corrected chi connectivity index (χ3v) is 4.55. The molecule has 0 aliphatic heterocycles. The summed E-state index contributed by atoms with van der Waals surface area (Å²) in [5.74, 6) is 2.36. The van der Waals surface area contributed by atoms with Crippen LogP contribution in [0.25, 0.3) is 11.0 Å². The van der Waals surface area contributed by atoms with E-state index in [0.717, 1.165) is 41.1 Å². The smallest absolute Gasteiger partial charge is 0.318 e. The minimum Gasteiger partial charge on any atom is -0.340 e. The molecule has 8 heteroatoms. The van der Waals surface area contributed by atoms with E-state index < -0.39 is 0 Å². The van der Waals surface area contributed by atoms with E-state index in [2.05, 4.69) is 25.4 Å². The van der Waals surface area contributed by atoms with Crippen LogP contribution in [0, 0.1) is 6.92 Å². The van der Waals surface area contributed by atoms with Gasteiger partial charge in [-0.15, -0.1) is 0 Å². The number of imidazole rings is 1. The summed E-state index contributed by atoms with van der Waals surface area (Å²) in [6.07, 6.45) is 2.23. The molecule has 2 N–H and O–H groups in total. The fourth-order valence-electron chi connectivity index (χ4n) is 2.83. The topological polar surface area (TPSA) is 99.9 Å². The Balaban J connectivity index is 1.38. The predicted molar refractivity (Wildman–Crippen MR) is 95.5 cm³/mol. The Labute approximate surface area is 151 Å². The van der Waals surface area contributed by atoms with Gasteiger partial charge in [0.15, 0.2) is 5.82 Å². The van der Waals surface area contributed by atoms with Crippen LogP contribution in [0.2, 0.25) is 0 Å². The van der Waals surface area contributed by atoms with Crippen LogP contribution in [0.3, 0.4) is 0 Å². The average Bonchev–Trinajstić information content (AvgIpc) is 3.20. The van der Waals surface area contributed by atoms with Gasteiger partial charge in [-0.2, -0.15) is 4.98 Å². The molecule has 26 heavy (non-hydrogen) atoms. The van der Waals surface area contributed by atoms with E-state index in [0.29, 0.717) is 11.8 Å². The van der Waals surface area contributed by atoms with Gasteiger partial charge in [-0.05, 0) is 44.4 Å². The lowest BCUT2D eigenvalue weighted by atomic mass is 10.2. The van der Waals surface area contributed by atoms with Crippen molar-refractivity contribution in [1.29, 1.82) is 0 Å². The Morgan fingerprint density at radius 1 is 1.42 bits per heavy atom. The molecule has 4 rings (SSSR count). The zero-order valence-electron chi connectivity index (χ0n) is 15.1. The average molecular weight is 354 g/mol. The summed E-state index contributed by atoms with van der Waals surface area (Å²) >= 11 is 0. The van der Waals surface area contributed by atoms with Crippen molar-refractivity contribution in [1.82, 2.24) is 30.3 Å². The van der Waals surface area contributed by atoms with Gasteiger partial charge in [0.05, 0.1) is 17.1 Å². The number of carbonyl (C=O) groups is 1. The fourth-order valence-corrected chi connectivity index (χ4v) is 2.83. The van der Waals surface area contributed by atoms with Gasteiger partial charge in [0.1, 0.15) is 12.4 Å². The van der Waals surface area contributed by atoms with Crippen LogP contribution in [-0.4, -0.2) is 38.1 Å². The Morgan fingerprint density at radius 2 is 2.23 bits per heavy atom. The molecular weight excluding hydrogens is 332 g/mol. The van der Waals surface area contributed by atoms with Crippen molar-refractivity contribution in [3.8, 4) is 0 Å². The number of amides is 2. The lowest BCUT2D eigenvalue weighted by molar-refractivity contribution is 0.196. The van der Waals surface area contributed by atoms with Crippen LogP contribution in [0.5, 0.6) is 0 Å². The lowest BCUT2D eigenvalue weighted by Crippen LogP contribution is -2.38. The molecule has 0 bridgehead atoms. The molecule has 0 saturated heterocycles. The molecule has 2 aromatic heterocycles. The van der Waals surface area contributed by atoms with E-state index in [1.54, 1.807) is 7.05 Å². The second-order valence-electron chi connectivity index (χ2n) is 6.99. The zero-order valence-corrected chi connectivity index (χ0v) is 15.1. The number of hydrogen-bond donors (Lipinski definition) is 2. The first-order valence-corrected chi connectivity index (χ1v) is 8.80. The quantitative estimate of drug-likeness (QED) is 0.733. The third kappa shape index (κ3) is 3.40. The van der Waals surface area contributed by atoms with Gasteiger partial charge in [-0.25, -0.2) is 9.78 Å². The Morgan fingerprint density at radius 3 is 3.00 bits per heavy atom. The Kier molecular flexibility index (Phi) is 4.10. The van der Waals surface area contributed by atoms with Crippen molar-refractivity contribution in [2.24, 2.45) is 0 Å². The van der Waals surface area contributed by atoms with E-state index in [9.17, 15) is 4.79 Å². The van der Waals surface area contributed by atoms with Gasteiger partial charge in [-0.1, -0.05) is 11.2 Å². The standard InChI is InChI=1S/C18H22N6O2/c1-10-4-7-13-14(8-10)21-16(20-13)11(2)19-18(25)24(3)9-15-22-17(23-26-15)12-5-6-12/h4,7-8,11-12H,5-6,9H2,1-3H3,(H,19,25)(H,20,21)/t11-/m1/s1. The number of carbonyl (C=O) groups excluding carboxylic acids is 1. The molecule has 0 spiro atoms. The van der Waals surface area contributed by atoms with Crippen LogP contribution in [0.4, 0.5) is 4.79 Å². The molecule has 0 radical (unpaired) electrons.